The molecule has 3 aromatic carbocycles. The fourth-order valence-corrected chi connectivity index (χ4v) is 6.17. The second-order valence-corrected chi connectivity index (χ2v) is 12.6. The highest BCUT2D eigenvalue weighted by Crippen LogP contribution is 2.28. The molecule has 0 spiro atoms. The van der Waals surface area contributed by atoms with E-state index in [0.29, 0.717) is 22.3 Å². The maximum atomic E-state index is 12.9. The van der Waals surface area contributed by atoms with Crippen molar-refractivity contribution >= 4 is 26.0 Å². The van der Waals surface area contributed by atoms with Gasteiger partial charge in [0.1, 0.15) is 0 Å². The fourth-order valence-electron chi connectivity index (χ4n) is 3.49. The van der Waals surface area contributed by atoms with Gasteiger partial charge in [-0.3, -0.25) is 4.79 Å². The number of nitriles is 1. The summed E-state index contributed by atoms with van der Waals surface area (Å²) < 4.78 is 56.3. The molecule has 1 amide bonds. The number of hydrogen-bond donors (Lipinski definition) is 3. The zero-order valence-electron chi connectivity index (χ0n) is 20.6. The first kappa shape index (κ1) is 28.0. The van der Waals surface area contributed by atoms with E-state index in [-0.39, 0.29) is 22.9 Å². The predicted octanol–water partition coefficient (Wildman–Crippen LogP) is 3.01. The molecule has 0 atom stereocenters. The first-order valence-electron chi connectivity index (χ1n) is 11.3. The van der Waals surface area contributed by atoms with Crippen molar-refractivity contribution in [1.29, 1.82) is 5.26 Å². The van der Waals surface area contributed by atoms with E-state index in [1.165, 1.54) is 24.3 Å². The third-order valence-corrected chi connectivity index (χ3v) is 8.34. The molecule has 0 aromatic heterocycles. The molecule has 3 aromatic rings. The number of carbonyl (C=O) groups is 1. The molecule has 0 radical (unpaired) electrons. The molecule has 0 aliphatic heterocycles. The molecular formula is C26H28N4O5S2. The van der Waals surface area contributed by atoms with Gasteiger partial charge in [0.15, 0.2) is 0 Å². The number of nitrogens with one attached hydrogen (secondary N) is 3. The second kappa shape index (κ2) is 11.2. The van der Waals surface area contributed by atoms with Gasteiger partial charge in [0.2, 0.25) is 20.0 Å². The Bertz CT molecular complexity index is 1540. The van der Waals surface area contributed by atoms with Crippen molar-refractivity contribution < 1.29 is 21.6 Å². The van der Waals surface area contributed by atoms with E-state index in [4.69, 9.17) is 5.26 Å². The Morgan fingerprint density at radius 3 is 2.19 bits per heavy atom. The molecule has 194 valence electrons. The van der Waals surface area contributed by atoms with Gasteiger partial charge in [-0.1, -0.05) is 36.4 Å². The highest BCUT2D eigenvalue weighted by Gasteiger charge is 2.25. The van der Waals surface area contributed by atoms with Gasteiger partial charge in [-0.15, -0.1) is 0 Å². The minimum atomic E-state index is -3.87. The summed E-state index contributed by atoms with van der Waals surface area (Å²) >= 11 is 0. The van der Waals surface area contributed by atoms with Crippen molar-refractivity contribution in [2.24, 2.45) is 0 Å². The van der Waals surface area contributed by atoms with E-state index in [1.807, 2.05) is 6.07 Å². The molecule has 3 N–H and O–H groups in total. The lowest BCUT2D eigenvalue weighted by molar-refractivity contribution is 0.0954. The number of rotatable bonds is 9. The van der Waals surface area contributed by atoms with Gasteiger partial charge in [-0.2, -0.15) is 5.26 Å². The summed E-state index contributed by atoms with van der Waals surface area (Å²) in [5.74, 6) is -0.421. The van der Waals surface area contributed by atoms with Crippen LogP contribution in [0.1, 0.15) is 36.7 Å². The number of amides is 1. The van der Waals surface area contributed by atoms with Crippen molar-refractivity contribution in [2.45, 2.75) is 36.1 Å². The lowest BCUT2D eigenvalue weighted by Gasteiger charge is -2.21. The summed E-state index contributed by atoms with van der Waals surface area (Å²) in [5, 5.41) is 11.5. The Morgan fingerprint density at radius 2 is 1.54 bits per heavy atom. The SMILES string of the molecule is CC(C)(C)NS(=O)(=O)c1ccccc1-c1ccc(S(=O)(=O)NCCNC(=O)c2cccc(C#N)c2)cc1. The van der Waals surface area contributed by atoms with Crippen LogP contribution < -0.4 is 14.8 Å². The van der Waals surface area contributed by atoms with Crippen LogP contribution in [-0.4, -0.2) is 41.4 Å². The highest BCUT2D eigenvalue weighted by atomic mass is 32.2. The predicted molar refractivity (Wildman–Crippen MR) is 141 cm³/mol. The van der Waals surface area contributed by atoms with Gasteiger partial charge in [-0.25, -0.2) is 26.3 Å². The Labute approximate surface area is 217 Å². The Balaban J connectivity index is 1.68. The van der Waals surface area contributed by atoms with Crippen molar-refractivity contribution in [3.63, 3.8) is 0 Å². The number of carbonyl (C=O) groups excluding carboxylic acids is 1. The normalized spacial score (nSPS) is 12.1. The summed E-state index contributed by atoms with van der Waals surface area (Å²) in [6, 6.07) is 20.5. The number of hydrogen-bond acceptors (Lipinski definition) is 6. The summed E-state index contributed by atoms with van der Waals surface area (Å²) in [6.45, 7) is 5.23. The van der Waals surface area contributed by atoms with Crippen molar-refractivity contribution in [3.05, 3.63) is 83.9 Å². The average Bonchev–Trinajstić information content (AvgIpc) is 2.85. The molecule has 0 aliphatic rings. The van der Waals surface area contributed by atoms with Crippen LogP contribution in [-0.2, 0) is 20.0 Å². The molecule has 11 heteroatoms. The topological polar surface area (TPSA) is 145 Å². The molecular weight excluding hydrogens is 512 g/mol. The zero-order chi connectivity index (χ0) is 27.3. The molecule has 0 saturated heterocycles. The fraction of sp³-hybridized carbons (Fsp3) is 0.231. The number of nitrogens with zero attached hydrogens (tertiary/aromatic N) is 1. The first-order valence-corrected chi connectivity index (χ1v) is 14.3. The number of benzene rings is 3. The second-order valence-electron chi connectivity index (χ2n) is 9.22. The lowest BCUT2D eigenvalue weighted by atomic mass is 10.1. The number of sulfonamides is 2. The van der Waals surface area contributed by atoms with E-state index >= 15 is 0 Å². The van der Waals surface area contributed by atoms with Crippen LogP contribution in [0.15, 0.2) is 82.6 Å². The van der Waals surface area contributed by atoms with Crippen LogP contribution in [0.2, 0.25) is 0 Å². The summed E-state index contributed by atoms with van der Waals surface area (Å²) in [4.78, 5) is 12.3. The lowest BCUT2D eigenvalue weighted by Crippen LogP contribution is -2.40. The molecule has 0 heterocycles. The molecule has 3 rings (SSSR count). The maximum Gasteiger partial charge on any atom is 0.251 e. The molecule has 37 heavy (non-hydrogen) atoms. The van der Waals surface area contributed by atoms with Crippen LogP contribution in [0.5, 0.6) is 0 Å². The zero-order valence-corrected chi connectivity index (χ0v) is 22.3. The van der Waals surface area contributed by atoms with E-state index < -0.39 is 31.5 Å². The molecule has 0 aliphatic carbocycles. The van der Waals surface area contributed by atoms with E-state index in [1.54, 1.807) is 69.3 Å². The van der Waals surface area contributed by atoms with Gasteiger partial charge in [0, 0.05) is 29.8 Å². The molecule has 0 unspecified atom stereocenters. The summed E-state index contributed by atoms with van der Waals surface area (Å²) in [5.41, 5.74) is 0.968. The standard InChI is InChI=1S/C26H28N4O5S2/c1-26(2,3)30-37(34,35)24-10-5-4-9-23(24)20-11-13-22(14-12-20)36(32,33)29-16-15-28-25(31)21-8-6-7-19(17-21)18-27/h4-14,17,29-30H,15-16H2,1-3H3,(H,28,31). The van der Waals surface area contributed by atoms with Crippen molar-refractivity contribution in [1.82, 2.24) is 14.8 Å². The van der Waals surface area contributed by atoms with E-state index in [2.05, 4.69) is 14.8 Å². The maximum absolute atomic E-state index is 12.9. The highest BCUT2D eigenvalue weighted by molar-refractivity contribution is 7.90. The third kappa shape index (κ3) is 7.47. The van der Waals surface area contributed by atoms with Crippen LogP contribution in [0.4, 0.5) is 0 Å². The van der Waals surface area contributed by atoms with Crippen LogP contribution in [0.3, 0.4) is 0 Å². The Morgan fingerprint density at radius 1 is 0.865 bits per heavy atom. The third-order valence-electron chi connectivity index (χ3n) is 5.05. The monoisotopic (exact) mass is 540 g/mol. The van der Waals surface area contributed by atoms with E-state index in [9.17, 15) is 21.6 Å². The largest absolute Gasteiger partial charge is 0.351 e. The van der Waals surface area contributed by atoms with Gasteiger partial charge in [0.25, 0.3) is 5.91 Å². The molecule has 0 bridgehead atoms. The van der Waals surface area contributed by atoms with E-state index in [0.717, 1.165) is 0 Å². The Kier molecular flexibility index (Phi) is 8.50. The Hall–Kier alpha value is -3.56. The van der Waals surface area contributed by atoms with Gasteiger partial charge < -0.3 is 5.32 Å². The molecule has 0 saturated carbocycles. The average molecular weight is 541 g/mol. The smallest absolute Gasteiger partial charge is 0.251 e. The van der Waals surface area contributed by atoms with Crippen molar-refractivity contribution in [3.8, 4) is 17.2 Å². The van der Waals surface area contributed by atoms with Crippen LogP contribution in [0.25, 0.3) is 11.1 Å². The summed E-state index contributed by atoms with van der Waals surface area (Å²) in [6.07, 6.45) is 0. The van der Waals surface area contributed by atoms with Gasteiger partial charge in [-0.05, 0) is 62.7 Å². The molecule has 9 nitrogen and oxygen atoms in total. The quantitative estimate of drug-likeness (QED) is 0.356. The minimum absolute atomic E-state index is 0.00236. The van der Waals surface area contributed by atoms with Crippen molar-refractivity contribution in [2.75, 3.05) is 13.1 Å². The van der Waals surface area contributed by atoms with Gasteiger partial charge in [0.05, 0.1) is 21.4 Å². The summed E-state index contributed by atoms with van der Waals surface area (Å²) in [7, 11) is -7.68. The first-order chi connectivity index (χ1) is 17.3. The van der Waals surface area contributed by atoms with Crippen LogP contribution >= 0.6 is 0 Å². The minimum Gasteiger partial charge on any atom is -0.351 e. The van der Waals surface area contributed by atoms with Gasteiger partial charge >= 0.3 is 0 Å². The van der Waals surface area contributed by atoms with Crippen LogP contribution in [0, 0.1) is 11.3 Å². The molecule has 0 fully saturated rings.